The third-order valence-electron chi connectivity index (χ3n) is 7.75. The van der Waals surface area contributed by atoms with Crippen molar-refractivity contribution in [3.8, 4) is 5.75 Å². The molecule has 12 heteroatoms. The molecule has 0 fully saturated rings. The van der Waals surface area contributed by atoms with Crippen molar-refractivity contribution in [3.63, 3.8) is 0 Å². The zero-order valence-electron chi connectivity index (χ0n) is 26.4. The molecule has 0 radical (unpaired) electrons. The second-order valence-electron chi connectivity index (χ2n) is 11.3. The Morgan fingerprint density at radius 3 is 2.33 bits per heavy atom. The Morgan fingerprint density at radius 1 is 0.956 bits per heavy atom. The molecule has 0 saturated carbocycles. The lowest BCUT2D eigenvalue weighted by Gasteiger charge is -2.27. The molecule has 4 rings (SSSR count). The topological polar surface area (TPSA) is 86.3 Å². The minimum atomic E-state index is -1.17. The summed E-state index contributed by atoms with van der Waals surface area (Å²) >= 11 is 0. The fourth-order valence-electron chi connectivity index (χ4n) is 5.20. The molecule has 1 aliphatic rings. The first kappa shape index (κ1) is 37.5. The van der Waals surface area contributed by atoms with Crippen LogP contribution in [0.15, 0.2) is 67.0 Å². The van der Waals surface area contributed by atoms with E-state index >= 15 is 0 Å². The van der Waals surface area contributed by atoms with Gasteiger partial charge in [0.15, 0.2) is 0 Å². The van der Waals surface area contributed by atoms with Crippen LogP contribution in [0.2, 0.25) is 0 Å². The molecule has 0 saturated heterocycles. The molecule has 0 unspecified atom stereocenters. The highest BCUT2D eigenvalue weighted by Gasteiger charge is 2.45. The van der Waals surface area contributed by atoms with Gasteiger partial charge in [-0.1, -0.05) is 6.07 Å². The number of hydrogen-bond donors (Lipinski definition) is 0. The number of halogens is 3. The normalized spacial score (nSPS) is 13.8. The standard InChI is InChI=1S/C33H40FN5O4.2ClH/c1-6-39-28-12-11-27(22-29(28)37(5)31(41)33(2,3)32(39)42)43-20-8-17-38(23-24-13-15-35-16-14-24)19-18-36(4)30(40)25-9-7-10-26(34)21-25;;/h7,9-16,21-22H,6,8,17-20,23H2,1-5H3;2*1H. The van der Waals surface area contributed by atoms with Crippen LogP contribution in [-0.4, -0.2) is 79.4 Å². The van der Waals surface area contributed by atoms with Crippen LogP contribution in [0.3, 0.4) is 0 Å². The summed E-state index contributed by atoms with van der Waals surface area (Å²) in [6, 6.07) is 15.1. The minimum absolute atomic E-state index is 0. The Balaban J connectivity index is 0.00000353. The highest BCUT2D eigenvalue weighted by Crippen LogP contribution is 2.40. The summed E-state index contributed by atoms with van der Waals surface area (Å²) in [7, 11) is 3.40. The summed E-state index contributed by atoms with van der Waals surface area (Å²) in [5, 5.41) is 0. The first-order chi connectivity index (χ1) is 20.5. The van der Waals surface area contributed by atoms with Gasteiger partial charge in [0.05, 0.1) is 18.0 Å². The van der Waals surface area contributed by atoms with Crippen LogP contribution in [-0.2, 0) is 16.1 Å². The Bertz CT molecular complexity index is 1460. The van der Waals surface area contributed by atoms with E-state index in [1.54, 1.807) is 56.2 Å². The van der Waals surface area contributed by atoms with Gasteiger partial charge in [-0.2, -0.15) is 0 Å². The van der Waals surface area contributed by atoms with Gasteiger partial charge in [0, 0.05) is 70.8 Å². The van der Waals surface area contributed by atoms with Crippen molar-refractivity contribution in [2.75, 3.05) is 56.7 Å². The maximum atomic E-state index is 13.6. The number of amides is 3. The lowest BCUT2D eigenvalue weighted by molar-refractivity contribution is -0.137. The van der Waals surface area contributed by atoms with E-state index in [9.17, 15) is 18.8 Å². The number of carbonyl (C=O) groups excluding carboxylic acids is 3. The molecule has 0 spiro atoms. The maximum absolute atomic E-state index is 13.6. The molecule has 45 heavy (non-hydrogen) atoms. The zero-order valence-corrected chi connectivity index (χ0v) is 28.0. The largest absolute Gasteiger partial charge is 0.493 e. The first-order valence-corrected chi connectivity index (χ1v) is 14.5. The van der Waals surface area contributed by atoms with Crippen LogP contribution in [0.4, 0.5) is 15.8 Å². The van der Waals surface area contributed by atoms with E-state index in [1.165, 1.54) is 23.1 Å². The van der Waals surface area contributed by atoms with Crippen molar-refractivity contribution in [1.29, 1.82) is 0 Å². The predicted molar refractivity (Wildman–Crippen MR) is 179 cm³/mol. The van der Waals surface area contributed by atoms with Crippen LogP contribution >= 0.6 is 24.8 Å². The molecule has 0 N–H and O–H groups in total. The molecule has 1 aromatic heterocycles. The van der Waals surface area contributed by atoms with Gasteiger partial charge in [0.1, 0.15) is 17.0 Å². The van der Waals surface area contributed by atoms with Gasteiger partial charge in [0.2, 0.25) is 11.8 Å². The quantitative estimate of drug-likeness (QED) is 0.189. The number of anilines is 2. The number of likely N-dealkylation sites (N-methyl/N-ethyl adjacent to an activating group) is 1. The molecule has 3 amide bonds. The second-order valence-corrected chi connectivity index (χ2v) is 11.3. The third-order valence-corrected chi connectivity index (χ3v) is 7.75. The van der Waals surface area contributed by atoms with Crippen LogP contribution in [0.5, 0.6) is 5.75 Å². The van der Waals surface area contributed by atoms with Crippen molar-refractivity contribution >= 4 is 53.9 Å². The van der Waals surface area contributed by atoms with Crippen molar-refractivity contribution in [2.24, 2.45) is 5.41 Å². The van der Waals surface area contributed by atoms with E-state index in [-0.39, 0.29) is 42.5 Å². The first-order valence-electron chi connectivity index (χ1n) is 14.5. The van der Waals surface area contributed by atoms with E-state index in [2.05, 4.69) is 9.88 Å². The van der Waals surface area contributed by atoms with Gasteiger partial charge < -0.3 is 19.4 Å². The number of aromatic nitrogens is 1. The Morgan fingerprint density at radius 2 is 1.67 bits per heavy atom. The van der Waals surface area contributed by atoms with Crippen LogP contribution < -0.4 is 14.5 Å². The Labute approximate surface area is 277 Å². The van der Waals surface area contributed by atoms with Crippen molar-refractivity contribution < 1.29 is 23.5 Å². The average Bonchev–Trinajstić information content (AvgIpc) is 3.05. The smallest absolute Gasteiger partial charge is 0.253 e. The Hall–Kier alpha value is -3.73. The number of carbonyl (C=O) groups is 3. The summed E-state index contributed by atoms with van der Waals surface area (Å²) in [5.74, 6) is -0.546. The van der Waals surface area contributed by atoms with Crippen molar-refractivity contribution in [3.05, 3.63) is 83.9 Å². The van der Waals surface area contributed by atoms with Crippen LogP contribution in [0.1, 0.15) is 43.1 Å². The molecule has 2 aromatic carbocycles. The van der Waals surface area contributed by atoms with Crippen molar-refractivity contribution in [2.45, 2.75) is 33.7 Å². The molecule has 0 bridgehead atoms. The molecule has 1 aliphatic heterocycles. The fourth-order valence-corrected chi connectivity index (χ4v) is 5.20. The molecule has 0 atom stereocenters. The highest BCUT2D eigenvalue weighted by atomic mass is 35.5. The molecular formula is C33H42Cl2FN5O4. The van der Waals surface area contributed by atoms with Gasteiger partial charge in [-0.3, -0.25) is 24.3 Å². The fraction of sp³-hybridized carbons (Fsp3) is 0.394. The van der Waals surface area contributed by atoms with Crippen LogP contribution in [0, 0.1) is 11.2 Å². The van der Waals surface area contributed by atoms with E-state index < -0.39 is 11.2 Å². The summed E-state index contributed by atoms with van der Waals surface area (Å²) in [6.07, 6.45) is 4.22. The van der Waals surface area contributed by atoms with Gasteiger partial charge in [-0.05, 0) is 75.2 Å². The molecule has 9 nitrogen and oxygen atoms in total. The molecule has 2 heterocycles. The summed E-state index contributed by atoms with van der Waals surface area (Å²) in [6.45, 7) is 8.56. The lowest BCUT2D eigenvalue weighted by Crippen LogP contribution is -2.47. The number of fused-ring (bicyclic) bond motifs is 1. The third kappa shape index (κ3) is 8.93. The second kappa shape index (κ2) is 16.5. The number of benzene rings is 2. The summed E-state index contributed by atoms with van der Waals surface area (Å²) in [5.41, 5.74) is 1.57. The molecule has 244 valence electrons. The molecule has 3 aromatic rings. The molecular weight excluding hydrogens is 620 g/mol. The van der Waals surface area contributed by atoms with Gasteiger partial charge >= 0.3 is 0 Å². The van der Waals surface area contributed by atoms with E-state index in [4.69, 9.17) is 4.74 Å². The SMILES string of the molecule is CCN1C(=O)C(C)(C)C(=O)N(C)c2cc(OCCCN(CCN(C)C(=O)c3cccc(F)c3)Cc3ccncc3)ccc21.Cl.Cl. The van der Waals surface area contributed by atoms with E-state index in [0.29, 0.717) is 68.4 Å². The monoisotopic (exact) mass is 661 g/mol. The maximum Gasteiger partial charge on any atom is 0.253 e. The Kier molecular flexibility index (Phi) is 13.8. The molecule has 0 aliphatic carbocycles. The highest BCUT2D eigenvalue weighted by molar-refractivity contribution is 6.20. The van der Waals surface area contributed by atoms with Crippen LogP contribution in [0.25, 0.3) is 0 Å². The summed E-state index contributed by atoms with van der Waals surface area (Å²) in [4.78, 5) is 50.2. The number of ether oxygens (including phenoxy) is 1. The number of pyridine rings is 1. The zero-order chi connectivity index (χ0) is 31.1. The lowest BCUT2D eigenvalue weighted by atomic mass is 9.90. The van der Waals surface area contributed by atoms with Crippen molar-refractivity contribution in [1.82, 2.24) is 14.8 Å². The number of nitrogens with zero attached hydrogens (tertiary/aromatic N) is 5. The van der Waals surface area contributed by atoms with Gasteiger partial charge in [0.25, 0.3) is 5.91 Å². The minimum Gasteiger partial charge on any atom is -0.493 e. The number of hydrogen-bond acceptors (Lipinski definition) is 6. The number of rotatable bonds is 12. The summed E-state index contributed by atoms with van der Waals surface area (Å²) < 4.78 is 19.7. The van der Waals surface area contributed by atoms with Gasteiger partial charge in [-0.15, -0.1) is 24.8 Å². The average molecular weight is 663 g/mol. The predicted octanol–water partition coefficient (Wildman–Crippen LogP) is 5.46. The van der Waals surface area contributed by atoms with Gasteiger partial charge in [-0.25, -0.2) is 4.39 Å². The van der Waals surface area contributed by atoms with E-state index in [1.807, 2.05) is 37.3 Å². The van der Waals surface area contributed by atoms with E-state index in [0.717, 1.165) is 5.56 Å².